The van der Waals surface area contributed by atoms with Crippen LogP contribution in [0.25, 0.3) is 17.4 Å². The average molecular weight is 465 g/mol. The first-order valence-corrected chi connectivity index (χ1v) is 11.0. The van der Waals surface area contributed by atoms with Crippen molar-refractivity contribution in [2.45, 2.75) is 13.8 Å². The predicted octanol–water partition coefficient (Wildman–Crippen LogP) is 6.04. The number of rotatable bonds is 4. The first-order chi connectivity index (χ1) is 13.9. The molecular formula is C19H14Cl2N4O2S2. The largest absolute Gasteiger partial charge is 0.457 e. The van der Waals surface area contributed by atoms with E-state index in [1.54, 1.807) is 41.3 Å². The van der Waals surface area contributed by atoms with E-state index in [-0.39, 0.29) is 5.91 Å². The van der Waals surface area contributed by atoms with Gasteiger partial charge in [0.05, 0.1) is 9.93 Å². The van der Waals surface area contributed by atoms with Crippen molar-refractivity contribution in [2.24, 2.45) is 4.99 Å². The number of amides is 1. The maximum Gasteiger partial charge on any atom is 0.266 e. The van der Waals surface area contributed by atoms with Crippen LogP contribution in [0.15, 0.2) is 44.6 Å². The smallest absolute Gasteiger partial charge is 0.266 e. The van der Waals surface area contributed by atoms with E-state index >= 15 is 0 Å². The Morgan fingerprint density at radius 1 is 1.24 bits per heavy atom. The number of halogens is 2. The van der Waals surface area contributed by atoms with Crippen molar-refractivity contribution in [3.63, 3.8) is 0 Å². The molecule has 0 saturated carbocycles. The zero-order valence-electron chi connectivity index (χ0n) is 15.3. The quantitative estimate of drug-likeness (QED) is 0.440. The fraction of sp³-hybridized carbons (Fsp3) is 0.158. The molecule has 0 bridgehead atoms. The van der Waals surface area contributed by atoms with Crippen LogP contribution in [0.5, 0.6) is 0 Å². The maximum atomic E-state index is 12.8. The molecule has 29 heavy (non-hydrogen) atoms. The lowest BCUT2D eigenvalue weighted by atomic mass is 10.2. The number of hydrogen-bond donors (Lipinski definition) is 0. The molecule has 0 radical (unpaired) electrons. The van der Waals surface area contributed by atoms with Crippen molar-refractivity contribution in [1.29, 1.82) is 0 Å². The summed E-state index contributed by atoms with van der Waals surface area (Å²) in [7, 11) is 0. The lowest BCUT2D eigenvalue weighted by molar-refractivity contribution is -0.122. The second-order valence-electron chi connectivity index (χ2n) is 5.98. The van der Waals surface area contributed by atoms with Gasteiger partial charge in [-0.3, -0.25) is 9.69 Å². The molecule has 0 atom stereocenters. The summed E-state index contributed by atoms with van der Waals surface area (Å²) in [6.45, 7) is 4.26. The van der Waals surface area contributed by atoms with E-state index in [2.05, 4.69) is 15.2 Å². The summed E-state index contributed by atoms with van der Waals surface area (Å²) in [4.78, 5) is 19.4. The zero-order chi connectivity index (χ0) is 20.5. The monoisotopic (exact) mass is 464 g/mol. The Balaban J connectivity index is 1.63. The minimum atomic E-state index is -0.128. The van der Waals surface area contributed by atoms with E-state index in [0.29, 0.717) is 48.9 Å². The van der Waals surface area contributed by atoms with Crippen LogP contribution in [0.1, 0.15) is 17.7 Å². The normalized spacial score (nSPS) is 17.1. The number of aliphatic imine (C=N–C) groups is 1. The first kappa shape index (κ1) is 20.2. The molecule has 6 nitrogen and oxygen atoms in total. The van der Waals surface area contributed by atoms with Gasteiger partial charge in [-0.25, -0.2) is 0 Å². The SMILES string of the molecule is CCN1C(=O)/C(=C\c2ccc(-c3cc(Cl)ccc3Cl)o2)S/C1=N/c1nnc(C)s1. The van der Waals surface area contributed by atoms with Gasteiger partial charge in [0.2, 0.25) is 5.13 Å². The highest BCUT2D eigenvalue weighted by Gasteiger charge is 2.33. The highest BCUT2D eigenvalue weighted by Crippen LogP contribution is 2.36. The van der Waals surface area contributed by atoms with Crippen LogP contribution in [-0.2, 0) is 4.79 Å². The number of hydrogen-bond acceptors (Lipinski definition) is 7. The van der Waals surface area contributed by atoms with Gasteiger partial charge >= 0.3 is 0 Å². The topological polar surface area (TPSA) is 71.6 Å². The number of furan rings is 1. The van der Waals surface area contributed by atoms with Crippen LogP contribution in [0.2, 0.25) is 10.0 Å². The van der Waals surface area contributed by atoms with Gasteiger partial charge in [-0.2, -0.15) is 4.99 Å². The molecule has 0 aliphatic carbocycles. The van der Waals surface area contributed by atoms with Crippen LogP contribution in [0, 0.1) is 6.92 Å². The second-order valence-corrected chi connectivity index (χ2v) is 9.00. The van der Waals surface area contributed by atoms with Crippen molar-refractivity contribution in [1.82, 2.24) is 15.1 Å². The standard InChI is InChI=1S/C19H14Cl2N4O2S2/c1-3-25-17(26)16(29-19(25)22-18-24-23-10(2)28-18)9-12-5-7-15(27-12)13-8-11(20)4-6-14(13)21/h4-9H,3H2,1-2H3/b16-9+,22-19+. The van der Waals surface area contributed by atoms with Crippen LogP contribution in [0.4, 0.5) is 5.13 Å². The Morgan fingerprint density at radius 3 is 2.79 bits per heavy atom. The van der Waals surface area contributed by atoms with Gasteiger partial charge in [-0.05, 0) is 55.9 Å². The average Bonchev–Trinajstić information content (AvgIpc) is 3.38. The lowest BCUT2D eigenvalue weighted by Crippen LogP contribution is -2.28. The second kappa shape index (κ2) is 8.31. The predicted molar refractivity (Wildman–Crippen MR) is 119 cm³/mol. The Kier molecular flexibility index (Phi) is 5.78. The number of benzene rings is 1. The van der Waals surface area contributed by atoms with Crippen molar-refractivity contribution in [2.75, 3.05) is 6.54 Å². The molecule has 1 aliphatic heterocycles. The molecular weight excluding hydrogens is 451 g/mol. The third-order valence-corrected chi connectivity index (χ3v) is 6.31. The minimum Gasteiger partial charge on any atom is -0.457 e. The Bertz CT molecular complexity index is 1150. The third-order valence-electron chi connectivity index (χ3n) is 4.00. The fourth-order valence-corrected chi connectivity index (χ4v) is 4.70. The molecule has 0 N–H and O–H groups in total. The van der Waals surface area contributed by atoms with E-state index < -0.39 is 0 Å². The van der Waals surface area contributed by atoms with Gasteiger partial charge in [0.25, 0.3) is 5.91 Å². The Labute approximate surface area is 185 Å². The molecule has 148 valence electrons. The summed E-state index contributed by atoms with van der Waals surface area (Å²) in [6.07, 6.45) is 1.70. The molecule has 1 aliphatic rings. The van der Waals surface area contributed by atoms with Crippen molar-refractivity contribution < 1.29 is 9.21 Å². The van der Waals surface area contributed by atoms with Gasteiger partial charge in [0.1, 0.15) is 16.5 Å². The number of aromatic nitrogens is 2. The van der Waals surface area contributed by atoms with Gasteiger partial charge < -0.3 is 4.42 Å². The van der Waals surface area contributed by atoms with Crippen molar-refractivity contribution >= 4 is 68.6 Å². The fourth-order valence-electron chi connectivity index (χ4n) is 2.67. The van der Waals surface area contributed by atoms with Crippen molar-refractivity contribution in [3.05, 3.63) is 56.1 Å². The molecule has 1 aromatic carbocycles. The summed E-state index contributed by atoms with van der Waals surface area (Å²) in [6, 6.07) is 8.75. The number of nitrogens with zero attached hydrogens (tertiary/aromatic N) is 4. The molecule has 3 aromatic rings. The van der Waals surface area contributed by atoms with Crippen LogP contribution in [-0.4, -0.2) is 32.7 Å². The number of thioether (sulfide) groups is 1. The van der Waals surface area contributed by atoms with E-state index in [9.17, 15) is 4.79 Å². The minimum absolute atomic E-state index is 0.128. The molecule has 1 saturated heterocycles. The molecule has 3 heterocycles. The van der Waals surface area contributed by atoms with Gasteiger partial charge in [0.15, 0.2) is 5.17 Å². The number of likely N-dealkylation sites (N-methyl/N-ethyl adjacent to an activating group) is 1. The van der Waals surface area contributed by atoms with E-state index in [4.69, 9.17) is 27.6 Å². The Hall–Kier alpha value is -2.13. The van der Waals surface area contributed by atoms with Crippen molar-refractivity contribution in [3.8, 4) is 11.3 Å². The van der Waals surface area contributed by atoms with Crippen LogP contribution in [0.3, 0.4) is 0 Å². The van der Waals surface area contributed by atoms with Crippen LogP contribution < -0.4 is 0 Å². The van der Waals surface area contributed by atoms with Gasteiger partial charge in [0, 0.05) is 23.2 Å². The lowest BCUT2D eigenvalue weighted by Gasteiger charge is -2.10. The molecule has 1 fully saturated rings. The first-order valence-electron chi connectivity index (χ1n) is 8.60. The number of amidine groups is 1. The summed E-state index contributed by atoms with van der Waals surface area (Å²) in [5, 5.41) is 11.0. The summed E-state index contributed by atoms with van der Waals surface area (Å²) < 4.78 is 5.88. The summed E-state index contributed by atoms with van der Waals surface area (Å²) >= 11 is 15.0. The molecule has 1 amide bonds. The number of carbonyl (C=O) groups is 1. The van der Waals surface area contributed by atoms with E-state index in [0.717, 1.165) is 5.01 Å². The summed E-state index contributed by atoms with van der Waals surface area (Å²) in [5.41, 5.74) is 0.693. The third kappa shape index (κ3) is 4.25. The maximum absolute atomic E-state index is 12.8. The number of aryl methyl sites for hydroxylation is 1. The molecule has 10 heteroatoms. The molecule has 4 rings (SSSR count). The molecule has 2 aromatic heterocycles. The summed E-state index contributed by atoms with van der Waals surface area (Å²) in [5.74, 6) is 0.984. The van der Waals surface area contributed by atoms with E-state index in [1.807, 2.05) is 13.8 Å². The highest BCUT2D eigenvalue weighted by atomic mass is 35.5. The van der Waals surface area contributed by atoms with E-state index in [1.165, 1.54) is 23.1 Å². The zero-order valence-corrected chi connectivity index (χ0v) is 18.5. The van der Waals surface area contributed by atoms with Gasteiger partial charge in [-0.15, -0.1) is 10.2 Å². The number of carbonyl (C=O) groups excluding carboxylic acids is 1. The molecule has 0 unspecified atom stereocenters. The van der Waals surface area contributed by atoms with Gasteiger partial charge in [-0.1, -0.05) is 34.5 Å². The van der Waals surface area contributed by atoms with Crippen LogP contribution >= 0.6 is 46.3 Å². The Morgan fingerprint density at radius 2 is 2.07 bits per heavy atom. The highest BCUT2D eigenvalue weighted by molar-refractivity contribution is 8.18. The molecule has 0 spiro atoms.